The predicted octanol–water partition coefficient (Wildman–Crippen LogP) is 1.51. The summed E-state index contributed by atoms with van der Waals surface area (Å²) in [5, 5.41) is 0. The fraction of sp³-hybridized carbons (Fsp3) is 0.875. The van der Waals surface area contributed by atoms with Crippen molar-refractivity contribution in [2.75, 3.05) is 14.1 Å². The first-order chi connectivity index (χ1) is 4.41. The lowest BCUT2D eigenvalue weighted by Crippen LogP contribution is -2.35. The van der Waals surface area contributed by atoms with E-state index in [0.29, 0.717) is 0 Å². The monoisotopic (exact) mass is 143 g/mol. The zero-order chi connectivity index (χ0) is 8.36. The minimum atomic E-state index is -0.191. The quantitative estimate of drug-likeness (QED) is 0.573. The summed E-state index contributed by atoms with van der Waals surface area (Å²) in [7, 11) is 3.58. The lowest BCUT2D eigenvalue weighted by atomic mass is 9.89. The second kappa shape index (κ2) is 3.04. The summed E-state index contributed by atoms with van der Waals surface area (Å²) < 4.78 is 0. The molecule has 0 saturated carbocycles. The first-order valence-corrected chi connectivity index (χ1v) is 3.63. The van der Waals surface area contributed by atoms with Gasteiger partial charge in [-0.15, -0.1) is 0 Å². The van der Waals surface area contributed by atoms with Gasteiger partial charge in [0.1, 0.15) is 0 Å². The standard InChI is InChI=1S/C8H17NO/c1-6-8(2,3)7(10)9(4)5/h6H2,1-5H3. The molecule has 0 fully saturated rings. The SMILES string of the molecule is CCC(C)(C)C(=O)N(C)C. The molecule has 0 radical (unpaired) electrons. The van der Waals surface area contributed by atoms with Crippen LogP contribution in [0.5, 0.6) is 0 Å². The van der Waals surface area contributed by atoms with Crippen molar-refractivity contribution in [2.45, 2.75) is 27.2 Å². The summed E-state index contributed by atoms with van der Waals surface area (Å²) in [6.07, 6.45) is 0.893. The Hall–Kier alpha value is -0.530. The van der Waals surface area contributed by atoms with Crippen LogP contribution in [-0.2, 0) is 4.79 Å². The van der Waals surface area contributed by atoms with Gasteiger partial charge in [0.05, 0.1) is 0 Å². The first-order valence-electron chi connectivity index (χ1n) is 3.63. The van der Waals surface area contributed by atoms with Crippen molar-refractivity contribution in [3.63, 3.8) is 0 Å². The average Bonchev–Trinajstić information content (AvgIpc) is 1.86. The molecule has 0 aromatic heterocycles. The predicted molar refractivity (Wildman–Crippen MR) is 42.8 cm³/mol. The number of amides is 1. The van der Waals surface area contributed by atoms with Gasteiger partial charge in [-0.2, -0.15) is 0 Å². The fourth-order valence-corrected chi connectivity index (χ4v) is 0.757. The Morgan fingerprint density at radius 2 is 1.80 bits per heavy atom. The molecule has 0 aliphatic carbocycles. The zero-order valence-corrected chi connectivity index (χ0v) is 7.56. The van der Waals surface area contributed by atoms with Crippen LogP contribution in [0.2, 0.25) is 0 Å². The smallest absolute Gasteiger partial charge is 0.227 e. The Morgan fingerprint density at radius 3 is 1.90 bits per heavy atom. The Morgan fingerprint density at radius 1 is 1.40 bits per heavy atom. The highest BCUT2D eigenvalue weighted by atomic mass is 16.2. The van der Waals surface area contributed by atoms with Crippen molar-refractivity contribution >= 4 is 5.91 Å². The third-order valence-corrected chi connectivity index (χ3v) is 1.87. The molecule has 60 valence electrons. The molecule has 0 aromatic rings. The van der Waals surface area contributed by atoms with Crippen molar-refractivity contribution in [1.29, 1.82) is 0 Å². The second-order valence-electron chi connectivity index (χ2n) is 3.44. The van der Waals surface area contributed by atoms with Gasteiger partial charge < -0.3 is 4.90 Å². The van der Waals surface area contributed by atoms with Gasteiger partial charge in [-0.25, -0.2) is 0 Å². The lowest BCUT2D eigenvalue weighted by molar-refractivity contribution is -0.137. The van der Waals surface area contributed by atoms with E-state index in [1.165, 1.54) is 0 Å². The average molecular weight is 143 g/mol. The molecule has 0 atom stereocenters. The Bertz CT molecular complexity index is 127. The summed E-state index contributed by atoms with van der Waals surface area (Å²) >= 11 is 0. The van der Waals surface area contributed by atoms with E-state index in [4.69, 9.17) is 0 Å². The van der Waals surface area contributed by atoms with E-state index in [0.717, 1.165) is 6.42 Å². The third kappa shape index (κ3) is 2.01. The van der Waals surface area contributed by atoms with Crippen molar-refractivity contribution in [1.82, 2.24) is 4.90 Å². The van der Waals surface area contributed by atoms with Crippen LogP contribution in [0.25, 0.3) is 0 Å². The molecule has 0 aliphatic heterocycles. The van der Waals surface area contributed by atoms with E-state index in [2.05, 4.69) is 0 Å². The topological polar surface area (TPSA) is 20.3 Å². The van der Waals surface area contributed by atoms with E-state index >= 15 is 0 Å². The van der Waals surface area contributed by atoms with Crippen LogP contribution in [0.3, 0.4) is 0 Å². The van der Waals surface area contributed by atoms with Gasteiger partial charge in [-0.05, 0) is 6.42 Å². The minimum Gasteiger partial charge on any atom is -0.348 e. The molecule has 10 heavy (non-hydrogen) atoms. The number of carbonyl (C=O) groups is 1. The van der Waals surface area contributed by atoms with Crippen molar-refractivity contribution in [3.05, 3.63) is 0 Å². The summed E-state index contributed by atoms with van der Waals surface area (Å²) in [6.45, 7) is 5.96. The van der Waals surface area contributed by atoms with E-state index in [1.807, 2.05) is 20.8 Å². The lowest BCUT2D eigenvalue weighted by Gasteiger charge is -2.25. The molecule has 2 nitrogen and oxygen atoms in total. The van der Waals surface area contributed by atoms with Gasteiger partial charge in [0.25, 0.3) is 0 Å². The number of nitrogens with zero attached hydrogens (tertiary/aromatic N) is 1. The molecule has 0 bridgehead atoms. The Balaban J connectivity index is 4.19. The molecule has 0 unspecified atom stereocenters. The number of hydrogen-bond donors (Lipinski definition) is 0. The maximum absolute atomic E-state index is 11.3. The highest BCUT2D eigenvalue weighted by Gasteiger charge is 2.26. The molecular formula is C8H17NO. The maximum Gasteiger partial charge on any atom is 0.227 e. The van der Waals surface area contributed by atoms with Gasteiger partial charge in [0.15, 0.2) is 0 Å². The van der Waals surface area contributed by atoms with Crippen molar-refractivity contribution in [3.8, 4) is 0 Å². The molecular weight excluding hydrogens is 126 g/mol. The van der Waals surface area contributed by atoms with Crippen LogP contribution in [-0.4, -0.2) is 24.9 Å². The molecule has 0 aliphatic rings. The zero-order valence-electron chi connectivity index (χ0n) is 7.56. The summed E-state index contributed by atoms with van der Waals surface area (Å²) in [5.74, 6) is 0.204. The highest BCUT2D eigenvalue weighted by Crippen LogP contribution is 2.21. The van der Waals surface area contributed by atoms with Crippen molar-refractivity contribution in [2.24, 2.45) is 5.41 Å². The van der Waals surface area contributed by atoms with Gasteiger partial charge in [0.2, 0.25) is 5.91 Å². The third-order valence-electron chi connectivity index (χ3n) is 1.87. The summed E-state index contributed by atoms with van der Waals surface area (Å²) in [5.41, 5.74) is -0.191. The van der Waals surface area contributed by atoms with Crippen LogP contribution in [0.1, 0.15) is 27.2 Å². The Kier molecular flexibility index (Phi) is 2.88. The molecule has 0 spiro atoms. The largest absolute Gasteiger partial charge is 0.348 e. The van der Waals surface area contributed by atoms with E-state index in [9.17, 15) is 4.79 Å². The molecule has 0 saturated heterocycles. The minimum absolute atomic E-state index is 0.191. The first kappa shape index (κ1) is 9.47. The van der Waals surface area contributed by atoms with Crippen LogP contribution in [0, 0.1) is 5.41 Å². The number of rotatable bonds is 2. The maximum atomic E-state index is 11.3. The molecule has 0 heterocycles. The molecule has 0 N–H and O–H groups in total. The highest BCUT2D eigenvalue weighted by molar-refractivity contribution is 5.81. The van der Waals surface area contributed by atoms with E-state index in [-0.39, 0.29) is 11.3 Å². The fourth-order valence-electron chi connectivity index (χ4n) is 0.757. The Labute approximate surface area is 63.2 Å². The van der Waals surface area contributed by atoms with Gasteiger partial charge in [-0.3, -0.25) is 4.79 Å². The number of hydrogen-bond acceptors (Lipinski definition) is 1. The van der Waals surface area contributed by atoms with Crippen LogP contribution >= 0.6 is 0 Å². The van der Waals surface area contributed by atoms with E-state index in [1.54, 1.807) is 19.0 Å². The van der Waals surface area contributed by atoms with Crippen LogP contribution < -0.4 is 0 Å². The van der Waals surface area contributed by atoms with Crippen LogP contribution in [0.4, 0.5) is 0 Å². The normalized spacial score (nSPS) is 11.3. The summed E-state index contributed by atoms with van der Waals surface area (Å²) in [6, 6.07) is 0. The molecule has 1 amide bonds. The summed E-state index contributed by atoms with van der Waals surface area (Å²) in [4.78, 5) is 13.0. The number of carbonyl (C=O) groups excluding carboxylic acids is 1. The van der Waals surface area contributed by atoms with E-state index < -0.39 is 0 Å². The van der Waals surface area contributed by atoms with Gasteiger partial charge in [-0.1, -0.05) is 20.8 Å². The second-order valence-corrected chi connectivity index (χ2v) is 3.44. The van der Waals surface area contributed by atoms with Gasteiger partial charge in [0, 0.05) is 19.5 Å². The van der Waals surface area contributed by atoms with Gasteiger partial charge >= 0.3 is 0 Å². The molecule has 2 heteroatoms. The van der Waals surface area contributed by atoms with Crippen molar-refractivity contribution < 1.29 is 4.79 Å². The molecule has 0 aromatic carbocycles. The van der Waals surface area contributed by atoms with Crippen LogP contribution in [0.15, 0.2) is 0 Å². The molecule has 0 rings (SSSR count).